The van der Waals surface area contributed by atoms with Gasteiger partial charge in [-0.15, -0.1) is 11.8 Å². The zero-order valence-electron chi connectivity index (χ0n) is 12.7. The second-order valence-corrected chi connectivity index (χ2v) is 7.10. The molecule has 1 aromatic carbocycles. The van der Waals surface area contributed by atoms with Crippen LogP contribution in [0.4, 0.5) is 0 Å². The molecule has 1 saturated carbocycles. The molecule has 0 radical (unpaired) electrons. The van der Waals surface area contributed by atoms with Gasteiger partial charge in [0.15, 0.2) is 5.78 Å². The van der Waals surface area contributed by atoms with Crippen LogP contribution in [0.15, 0.2) is 29.2 Å². The van der Waals surface area contributed by atoms with E-state index in [4.69, 9.17) is 0 Å². The first-order valence-electron chi connectivity index (χ1n) is 7.64. The third-order valence-corrected chi connectivity index (χ3v) is 5.01. The number of hydrogen-bond acceptors (Lipinski definition) is 3. The van der Waals surface area contributed by atoms with Crippen LogP contribution in [0.5, 0.6) is 0 Å². The highest BCUT2D eigenvalue weighted by Crippen LogP contribution is 2.25. The Morgan fingerprint density at radius 1 is 1.14 bits per heavy atom. The number of carbonyl (C=O) groups is 2. The molecule has 0 aromatic heterocycles. The van der Waals surface area contributed by atoms with E-state index in [0.717, 1.165) is 17.7 Å². The minimum atomic E-state index is -0.116. The number of thioether (sulfide) groups is 1. The van der Waals surface area contributed by atoms with Crippen LogP contribution in [0.25, 0.3) is 0 Å². The predicted molar refractivity (Wildman–Crippen MR) is 86.8 cm³/mol. The molecule has 1 N–H and O–H groups in total. The summed E-state index contributed by atoms with van der Waals surface area (Å²) < 4.78 is 0. The van der Waals surface area contributed by atoms with Crippen LogP contribution in [0.3, 0.4) is 0 Å². The molecule has 1 amide bonds. The van der Waals surface area contributed by atoms with E-state index in [0.29, 0.717) is 11.6 Å². The van der Waals surface area contributed by atoms with Crippen LogP contribution in [0, 0.1) is 0 Å². The van der Waals surface area contributed by atoms with Crippen molar-refractivity contribution in [2.75, 3.05) is 0 Å². The summed E-state index contributed by atoms with van der Waals surface area (Å²) in [5.41, 5.74) is 0.707. The van der Waals surface area contributed by atoms with E-state index in [1.54, 1.807) is 6.92 Å². The number of amides is 1. The van der Waals surface area contributed by atoms with Gasteiger partial charge in [0.25, 0.3) is 0 Å². The number of Topliss-reactive ketones (excluding diaryl/α,β-unsaturated/α-hetero) is 1. The lowest BCUT2D eigenvalue weighted by atomic mass is 9.95. The van der Waals surface area contributed by atoms with Gasteiger partial charge in [-0.2, -0.15) is 0 Å². The number of benzene rings is 1. The zero-order valence-corrected chi connectivity index (χ0v) is 13.5. The Morgan fingerprint density at radius 3 is 2.33 bits per heavy atom. The van der Waals surface area contributed by atoms with Gasteiger partial charge in [-0.3, -0.25) is 9.59 Å². The fourth-order valence-corrected chi connectivity index (χ4v) is 3.47. The molecule has 114 valence electrons. The van der Waals surface area contributed by atoms with Crippen LogP contribution >= 0.6 is 11.8 Å². The number of carbonyl (C=O) groups excluding carboxylic acids is 2. The molecule has 1 aromatic rings. The van der Waals surface area contributed by atoms with Crippen molar-refractivity contribution in [3.05, 3.63) is 29.8 Å². The highest BCUT2D eigenvalue weighted by atomic mass is 32.2. The summed E-state index contributed by atoms with van der Waals surface area (Å²) >= 11 is 1.54. The van der Waals surface area contributed by atoms with Crippen molar-refractivity contribution in [2.24, 2.45) is 0 Å². The van der Waals surface area contributed by atoms with Crippen molar-refractivity contribution in [1.82, 2.24) is 5.32 Å². The highest BCUT2D eigenvalue weighted by molar-refractivity contribution is 8.00. The second-order valence-electron chi connectivity index (χ2n) is 5.68. The van der Waals surface area contributed by atoms with E-state index >= 15 is 0 Å². The number of rotatable bonds is 5. The maximum Gasteiger partial charge on any atom is 0.233 e. The molecule has 1 aliphatic rings. The molecule has 0 spiro atoms. The van der Waals surface area contributed by atoms with Gasteiger partial charge in [0.2, 0.25) is 5.91 Å². The Hall–Kier alpha value is -1.29. The van der Waals surface area contributed by atoms with E-state index in [9.17, 15) is 9.59 Å². The van der Waals surface area contributed by atoms with Gasteiger partial charge >= 0.3 is 0 Å². The van der Waals surface area contributed by atoms with Crippen molar-refractivity contribution in [3.63, 3.8) is 0 Å². The second kappa shape index (κ2) is 7.64. The van der Waals surface area contributed by atoms with Gasteiger partial charge in [0, 0.05) is 16.5 Å². The third kappa shape index (κ3) is 4.88. The summed E-state index contributed by atoms with van der Waals surface area (Å²) in [4.78, 5) is 24.5. The van der Waals surface area contributed by atoms with Crippen LogP contribution in [0.1, 0.15) is 56.3 Å². The Labute approximate surface area is 130 Å². The minimum absolute atomic E-state index is 0.0645. The molecule has 4 heteroatoms. The van der Waals surface area contributed by atoms with E-state index in [-0.39, 0.29) is 16.9 Å². The van der Waals surface area contributed by atoms with Gasteiger partial charge in [-0.05, 0) is 38.8 Å². The smallest absolute Gasteiger partial charge is 0.233 e. The predicted octanol–water partition coefficient (Wildman–Crippen LogP) is 3.82. The van der Waals surface area contributed by atoms with Gasteiger partial charge in [-0.1, -0.05) is 31.4 Å². The van der Waals surface area contributed by atoms with Crippen molar-refractivity contribution < 1.29 is 9.59 Å². The fraction of sp³-hybridized carbons (Fsp3) is 0.529. The lowest BCUT2D eigenvalue weighted by Gasteiger charge is -2.24. The molecule has 0 saturated heterocycles. The quantitative estimate of drug-likeness (QED) is 0.664. The van der Waals surface area contributed by atoms with Crippen molar-refractivity contribution in [2.45, 2.75) is 62.1 Å². The summed E-state index contributed by atoms with van der Waals surface area (Å²) in [6, 6.07) is 7.80. The van der Waals surface area contributed by atoms with Crippen molar-refractivity contribution >= 4 is 23.5 Å². The number of hydrogen-bond donors (Lipinski definition) is 1. The lowest BCUT2D eigenvalue weighted by Crippen LogP contribution is -2.40. The molecular formula is C17H23NO2S. The number of nitrogens with one attached hydrogen (secondary N) is 1. The Kier molecular flexibility index (Phi) is 5.85. The maximum atomic E-state index is 12.2. The zero-order chi connectivity index (χ0) is 15.2. The van der Waals surface area contributed by atoms with E-state index in [1.807, 2.05) is 31.2 Å². The Balaban J connectivity index is 1.86. The standard InChI is InChI=1S/C17H23NO2S/c1-12(19)14-8-10-16(11-9-14)21-13(2)17(20)18-15-6-4-3-5-7-15/h8-11,13,15H,3-7H2,1-2H3,(H,18,20). The molecule has 1 fully saturated rings. The Bertz CT molecular complexity index is 492. The summed E-state index contributed by atoms with van der Waals surface area (Å²) in [6.07, 6.45) is 5.95. The third-order valence-electron chi connectivity index (χ3n) is 3.89. The molecule has 1 atom stereocenters. The summed E-state index contributed by atoms with van der Waals surface area (Å²) in [5, 5.41) is 3.04. The molecule has 2 rings (SSSR count). The van der Waals surface area contributed by atoms with Crippen molar-refractivity contribution in [3.8, 4) is 0 Å². The van der Waals surface area contributed by atoms with E-state index < -0.39 is 0 Å². The molecule has 1 unspecified atom stereocenters. The van der Waals surface area contributed by atoms with Crippen LogP contribution < -0.4 is 5.32 Å². The lowest BCUT2D eigenvalue weighted by molar-refractivity contribution is -0.121. The summed E-state index contributed by atoms with van der Waals surface area (Å²) in [6.45, 7) is 3.49. The first-order chi connectivity index (χ1) is 10.1. The van der Waals surface area contributed by atoms with Gasteiger partial charge in [-0.25, -0.2) is 0 Å². The summed E-state index contributed by atoms with van der Waals surface area (Å²) in [5.74, 6) is 0.178. The highest BCUT2D eigenvalue weighted by Gasteiger charge is 2.20. The fourth-order valence-electron chi connectivity index (χ4n) is 2.59. The van der Waals surface area contributed by atoms with E-state index in [2.05, 4.69) is 5.32 Å². The first-order valence-corrected chi connectivity index (χ1v) is 8.52. The van der Waals surface area contributed by atoms with Crippen LogP contribution in [-0.2, 0) is 4.79 Å². The van der Waals surface area contributed by atoms with Gasteiger partial charge in [0.1, 0.15) is 0 Å². The SMILES string of the molecule is CC(=O)c1ccc(SC(C)C(=O)NC2CCCCC2)cc1. The maximum absolute atomic E-state index is 12.2. The van der Waals surface area contributed by atoms with Gasteiger partial charge in [0.05, 0.1) is 5.25 Å². The minimum Gasteiger partial charge on any atom is -0.352 e. The largest absolute Gasteiger partial charge is 0.352 e. The first kappa shape index (κ1) is 16.1. The average molecular weight is 305 g/mol. The molecule has 1 aliphatic carbocycles. The van der Waals surface area contributed by atoms with Crippen molar-refractivity contribution in [1.29, 1.82) is 0 Å². The number of ketones is 1. The molecule has 3 nitrogen and oxygen atoms in total. The molecular weight excluding hydrogens is 282 g/mol. The monoisotopic (exact) mass is 305 g/mol. The molecule has 21 heavy (non-hydrogen) atoms. The van der Waals surface area contributed by atoms with Crippen LogP contribution in [-0.4, -0.2) is 23.0 Å². The Morgan fingerprint density at radius 2 is 1.76 bits per heavy atom. The average Bonchev–Trinajstić information content (AvgIpc) is 2.48. The topological polar surface area (TPSA) is 46.2 Å². The summed E-state index contributed by atoms with van der Waals surface area (Å²) in [7, 11) is 0. The molecule has 0 aliphatic heterocycles. The molecule has 0 heterocycles. The van der Waals surface area contributed by atoms with Gasteiger partial charge < -0.3 is 5.32 Å². The normalized spacial score (nSPS) is 17.2. The van der Waals surface area contributed by atoms with Crippen LogP contribution in [0.2, 0.25) is 0 Å². The molecule has 0 bridgehead atoms. The van der Waals surface area contributed by atoms with E-state index in [1.165, 1.54) is 31.0 Å².